The first kappa shape index (κ1) is 20.5. The van der Waals surface area contributed by atoms with E-state index in [0.717, 1.165) is 30.0 Å². The molecular weight excluding hydrogens is 406 g/mol. The molecule has 1 N–H and O–H groups in total. The first-order valence-electron chi connectivity index (χ1n) is 11.1. The molecule has 2 aliphatic rings. The number of carbonyl (C=O) groups excluding carboxylic acids is 1. The number of hydrogen-bond donors (Lipinski definition) is 1. The van der Waals surface area contributed by atoms with Crippen LogP contribution in [0.1, 0.15) is 44.9 Å². The topological polar surface area (TPSA) is 93.3 Å². The summed E-state index contributed by atoms with van der Waals surface area (Å²) in [6.45, 7) is 7.39. The number of nitrogens with zero attached hydrogens (tertiary/aromatic N) is 4. The SMILES string of the molecule is Cc1ccc(-c2nc(NC(=O)N3CC4(CCC4)C3)ncc2-c2ccc(=O)n(C(C)C)c2)o1. The lowest BCUT2D eigenvalue weighted by Crippen LogP contribution is -2.62. The molecule has 3 aromatic rings. The Kier molecular flexibility index (Phi) is 4.87. The van der Waals surface area contributed by atoms with Crippen LogP contribution in [0.5, 0.6) is 0 Å². The average molecular weight is 434 g/mol. The Morgan fingerprint density at radius 3 is 2.59 bits per heavy atom. The third-order valence-electron chi connectivity index (χ3n) is 6.54. The number of likely N-dealkylation sites (tertiary alicyclic amines) is 1. The Hall–Kier alpha value is -3.42. The molecule has 0 radical (unpaired) electrons. The fourth-order valence-corrected chi connectivity index (χ4v) is 4.54. The molecule has 0 unspecified atom stereocenters. The molecule has 1 saturated heterocycles. The van der Waals surface area contributed by atoms with Crippen molar-refractivity contribution in [1.29, 1.82) is 0 Å². The molecule has 0 aromatic carbocycles. The first-order chi connectivity index (χ1) is 15.3. The molecule has 32 heavy (non-hydrogen) atoms. The van der Waals surface area contributed by atoms with Crippen LogP contribution in [0.15, 0.2) is 45.9 Å². The summed E-state index contributed by atoms with van der Waals surface area (Å²) in [5, 5.41) is 2.83. The number of carbonyl (C=O) groups is 1. The Bertz CT molecular complexity index is 1230. The van der Waals surface area contributed by atoms with E-state index in [2.05, 4.69) is 15.3 Å². The van der Waals surface area contributed by atoms with E-state index >= 15 is 0 Å². The van der Waals surface area contributed by atoms with Gasteiger partial charge in [-0.2, -0.15) is 0 Å². The van der Waals surface area contributed by atoms with Crippen molar-refractivity contribution in [3.8, 4) is 22.6 Å². The summed E-state index contributed by atoms with van der Waals surface area (Å²) >= 11 is 0. The molecule has 2 amide bonds. The minimum absolute atomic E-state index is 0.0201. The summed E-state index contributed by atoms with van der Waals surface area (Å²) in [6.07, 6.45) is 7.16. The number of aromatic nitrogens is 3. The zero-order chi connectivity index (χ0) is 22.5. The van der Waals surface area contributed by atoms with Gasteiger partial charge in [-0.05, 0) is 51.8 Å². The van der Waals surface area contributed by atoms with Gasteiger partial charge in [-0.15, -0.1) is 0 Å². The average Bonchev–Trinajstić information content (AvgIpc) is 3.12. The molecule has 3 aromatic heterocycles. The summed E-state index contributed by atoms with van der Waals surface area (Å²) in [5.41, 5.74) is 2.39. The number of aryl methyl sites for hydroxylation is 1. The van der Waals surface area contributed by atoms with Crippen LogP contribution < -0.4 is 10.9 Å². The van der Waals surface area contributed by atoms with Crippen LogP contribution in [0.4, 0.5) is 10.7 Å². The maximum Gasteiger partial charge on any atom is 0.324 e. The van der Waals surface area contributed by atoms with Crippen LogP contribution in [0.2, 0.25) is 0 Å². The summed E-state index contributed by atoms with van der Waals surface area (Å²) < 4.78 is 7.51. The van der Waals surface area contributed by atoms with Crippen LogP contribution in [0.25, 0.3) is 22.6 Å². The van der Waals surface area contributed by atoms with Crippen molar-refractivity contribution in [1.82, 2.24) is 19.4 Å². The van der Waals surface area contributed by atoms with Crippen molar-refractivity contribution in [3.05, 3.63) is 52.8 Å². The van der Waals surface area contributed by atoms with E-state index in [1.165, 1.54) is 19.3 Å². The number of anilines is 1. The monoisotopic (exact) mass is 433 g/mol. The second-order valence-electron chi connectivity index (χ2n) is 9.26. The lowest BCUT2D eigenvalue weighted by atomic mass is 9.64. The summed E-state index contributed by atoms with van der Waals surface area (Å²) in [4.78, 5) is 35.7. The number of nitrogens with one attached hydrogen (secondary N) is 1. The number of urea groups is 1. The molecule has 4 heterocycles. The summed E-state index contributed by atoms with van der Waals surface area (Å²) in [6, 6.07) is 6.86. The Balaban J connectivity index is 1.47. The second kappa shape index (κ2) is 7.62. The Labute approximate surface area is 186 Å². The van der Waals surface area contributed by atoms with E-state index in [1.54, 1.807) is 29.1 Å². The normalized spacial score (nSPS) is 16.7. The highest BCUT2D eigenvalue weighted by molar-refractivity contribution is 5.89. The molecule has 0 bridgehead atoms. The minimum atomic E-state index is -0.176. The van der Waals surface area contributed by atoms with Gasteiger partial charge in [0.2, 0.25) is 5.95 Å². The van der Waals surface area contributed by atoms with Gasteiger partial charge in [0, 0.05) is 54.1 Å². The zero-order valence-electron chi connectivity index (χ0n) is 18.6. The third-order valence-corrected chi connectivity index (χ3v) is 6.54. The second-order valence-corrected chi connectivity index (χ2v) is 9.26. The van der Waals surface area contributed by atoms with E-state index in [0.29, 0.717) is 16.9 Å². The number of furan rings is 1. The zero-order valence-corrected chi connectivity index (χ0v) is 18.6. The van der Waals surface area contributed by atoms with E-state index < -0.39 is 0 Å². The maximum atomic E-state index is 12.7. The van der Waals surface area contributed by atoms with Gasteiger partial charge in [0.05, 0.1) is 0 Å². The molecule has 2 fully saturated rings. The lowest BCUT2D eigenvalue weighted by molar-refractivity contribution is -0.0290. The predicted octanol–water partition coefficient (Wildman–Crippen LogP) is 4.47. The van der Waals surface area contributed by atoms with Crippen molar-refractivity contribution < 1.29 is 9.21 Å². The summed E-state index contributed by atoms with van der Waals surface area (Å²) in [7, 11) is 0. The minimum Gasteiger partial charge on any atom is -0.460 e. The van der Waals surface area contributed by atoms with Crippen LogP contribution in [0, 0.1) is 12.3 Å². The van der Waals surface area contributed by atoms with Crippen LogP contribution in [0.3, 0.4) is 0 Å². The van der Waals surface area contributed by atoms with Crippen LogP contribution in [-0.4, -0.2) is 38.6 Å². The first-order valence-corrected chi connectivity index (χ1v) is 11.1. The van der Waals surface area contributed by atoms with Crippen molar-refractivity contribution >= 4 is 12.0 Å². The number of hydrogen-bond acceptors (Lipinski definition) is 5. The summed E-state index contributed by atoms with van der Waals surface area (Å²) in [5.74, 6) is 1.57. The van der Waals surface area contributed by atoms with Crippen LogP contribution >= 0.6 is 0 Å². The molecule has 8 heteroatoms. The molecule has 1 spiro atoms. The van der Waals surface area contributed by atoms with Gasteiger partial charge in [0.25, 0.3) is 5.56 Å². The third kappa shape index (κ3) is 3.59. The van der Waals surface area contributed by atoms with E-state index in [9.17, 15) is 9.59 Å². The molecule has 8 nitrogen and oxygen atoms in total. The van der Waals surface area contributed by atoms with Crippen molar-refractivity contribution in [2.24, 2.45) is 5.41 Å². The quantitative estimate of drug-likeness (QED) is 0.655. The largest absolute Gasteiger partial charge is 0.460 e. The smallest absolute Gasteiger partial charge is 0.324 e. The molecule has 166 valence electrons. The molecular formula is C24H27N5O3. The standard InChI is InChI=1S/C24H27N5O3/c1-15(2)29-12-17(6-8-20(29)30)18-11-25-22(26-21(18)19-7-5-16(3)32-19)27-23(31)28-13-24(14-28)9-4-10-24/h5-8,11-12,15H,4,9-10,13-14H2,1-3H3,(H,25,26,27,31). The van der Waals surface area contributed by atoms with E-state index in [4.69, 9.17) is 4.42 Å². The van der Waals surface area contributed by atoms with Crippen molar-refractivity contribution in [2.45, 2.75) is 46.1 Å². The molecule has 1 aliphatic carbocycles. The van der Waals surface area contributed by atoms with Crippen LogP contribution in [-0.2, 0) is 0 Å². The lowest BCUT2D eigenvalue weighted by Gasteiger charge is -2.55. The maximum absolute atomic E-state index is 12.7. The fraction of sp³-hybridized carbons (Fsp3) is 0.417. The van der Waals surface area contributed by atoms with E-state index in [-0.39, 0.29) is 23.6 Å². The molecule has 1 aliphatic heterocycles. The Morgan fingerprint density at radius 2 is 1.97 bits per heavy atom. The molecule has 5 rings (SSSR count). The van der Waals surface area contributed by atoms with Gasteiger partial charge in [-0.3, -0.25) is 10.1 Å². The molecule has 1 saturated carbocycles. The van der Waals surface area contributed by atoms with E-state index in [1.807, 2.05) is 37.8 Å². The van der Waals surface area contributed by atoms with Crippen molar-refractivity contribution in [2.75, 3.05) is 18.4 Å². The van der Waals surface area contributed by atoms with Gasteiger partial charge in [0.15, 0.2) is 5.76 Å². The number of amides is 2. The molecule has 0 atom stereocenters. The predicted molar refractivity (Wildman–Crippen MR) is 121 cm³/mol. The van der Waals surface area contributed by atoms with Gasteiger partial charge in [-0.1, -0.05) is 6.42 Å². The number of rotatable bonds is 4. The van der Waals surface area contributed by atoms with Gasteiger partial charge < -0.3 is 13.9 Å². The highest BCUT2D eigenvalue weighted by Gasteiger charge is 2.49. The Morgan fingerprint density at radius 1 is 1.19 bits per heavy atom. The van der Waals surface area contributed by atoms with Crippen molar-refractivity contribution in [3.63, 3.8) is 0 Å². The number of pyridine rings is 1. The highest BCUT2D eigenvalue weighted by Crippen LogP contribution is 2.48. The van der Waals surface area contributed by atoms with Gasteiger partial charge in [-0.25, -0.2) is 14.8 Å². The fourth-order valence-electron chi connectivity index (χ4n) is 4.54. The van der Waals surface area contributed by atoms with Gasteiger partial charge in [0.1, 0.15) is 11.5 Å². The highest BCUT2D eigenvalue weighted by atomic mass is 16.3. The van der Waals surface area contributed by atoms with Gasteiger partial charge >= 0.3 is 6.03 Å².